The average Bonchev–Trinajstić information content (AvgIpc) is 2.75. The molecular formula is C21H22ClIN4O2S. The van der Waals surface area contributed by atoms with E-state index in [1.165, 1.54) is 0 Å². The third kappa shape index (κ3) is 5.61. The van der Waals surface area contributed by atoms with Crippen molar-refractivity contribution in [3.63, 3.8) is 0 Å². The number of hydrogen-bond acceptors (Lipinski definition) is 4. The van der Waals surface area contributed by atoms with E-state index < -0.39 is 0 Å². The molecule has 0 aliphatic carbocycles. The molecule has 2 N–H and O–H groups in total. The fraction of sp³-hybridized carbons (Fsp3) is 0.286. The van der Waals surface area contributed by atoms with Crippen LogP contribution in [-0.4, -0.2) is 48.0 Å². The molecule has 30 heavy (non-hydrogen) atoms. The van der Waals surface area contributed by atoms with Gasteiger partial charge in [0.25, 0.3) is 5.91 Å². The molecule has 3 rings (SSSR count). The summed E-state index contributed by atoms with van der Waals surface area (Å²) in [4.78, 5) is 28.6. The predicted molar refractivity (Wildman–Crippen MR) is 133 cm³/mol. The highest BCUT2D eigenvalue weighted by molar-refractivity contribution is 14.1. The predicted octanol–water partition coefficient (Wildman–Crippen LogP) is 4.13. The summed E-state index contributed by atoms with van der Waals surface area (Å²) >= 11 is 13.6. The van der Waals surface area contributed by atoms with Gasteiger partial charge >= 0.3 is 0 Å². The van der Waals surface area contributed by atoms with Crippen molar-refractivity contribution in [3.8, 4) is 0 Å². The lowest BCUT2D eigenvalue weighted by Gasteiger charge is -2.37. The van der Waals surface area contributed by atoms with Crippen LogP contribution in [0, 0.1) is 3.57 Å². The van der Waals surface area contributed by atoms with Crippen molar-refractivity contribution in [1.29, 1.82) is 0 Å². The summed E-state index contributed by atoms with van der Waals surface area (Å²) in [7, 11) is 0. The summed E-state index contributed by atoms with van der Waals surface area (Å²) in [5.74, 6) is -0.181. The first-order valence-electron chi connectivity index (χ1n) is 9.58. The quantitative estimate of drug-likeness (QED) is 0.438. The number of nitrogens with one attached hydrogen (secondary N) is 2. The van der Waals surface area contributed by atoms with Gasteiger partial charge in [0.1, 0.15) is 0 Å². The van der Waals surface area contributed by atoms with Gasteiger partial charge in [-0.15, -0.1) is 0 Å². The maximum absolute atomic E-state index is 12.6. The molecule has 0 atom stereocenters. The number of halogens is 2. The van der Waals surface area contributed by atoms with E-state index in [0.29, 0.717) is 30.1 Å². The maximum atomic E-state index is 12.6. The minimum atomic E-state index is -0.361. The highest BCUT2D eigenvalue weighted by Crippen LogP contribution is 2.27. The molecule has 2 aromatic rings. The van der Waals surface area contributed by atoms with Gasteiger partial charge in [-0.3, -0.25) is 14.9 Å². The van der Waals surface area contributed by atoms with Gasteiger partial charge in [-0.05, 0) is 65.1 Å². The number of hydrogen-bond donors (Lipinski definition) is 2. The zero-order valence-corrected chi connectivity index (χ0v) is 20.2. The van der Waals surface area contributed by atoms with Gasteiger partial charge in [0.15, 0.2) is 5.11 Å². The maximum Gasteiger partial charge on any atom is 0.258 e. The van der Waals surface area contributed by atoms with Gasteiger partial charge in [0.2, 0.25) is 5.91 Å². The summed E-state index contributed by atoms with van der Waals surface area (Å²) in [6.45, 7) is 4.73. The molecule has 0 unspecified atom stereocenters. The first-order chi connectivity index (χ1) is 14.4. The normalized spacial score (nSPS) is 13.7. The van der Waals surface area contributed by atoms with E-state index in [1.54, 1.807) is 12.1 Å². The summed E-state index contributed by atoms with van der Waals surface area (Å²) < 4.78 is 0.909. The molecule has 1 fully saturated rings. The van der Waals surface area contributed by atoms with Gasteiger partial charge in [0, 0.05) is 36.2 Å². The first kappa shape index (κ1) is 22.8. The number of amides is 2. The van der Waals surface area contributed by atoms with Crippen molar-refractivity contribution in [2.75, 3.05) is 36.4 Å². The summed E-state index contributed by atoms with van der Waals surface area (Å²) in [6, 6.07) is 13.0. The lowest BCUT2D eigenvalue weighted by Crippen LogP contribution is -2.48. The number of para-hydroxylation sites is 2. The molecule has 6 nitrogen and oxygen atoms in total. The molecule has 0 radical (unpaired) electrons. The molecule has 0 spiro atoms. The molecule has 0 saturated carbocycles. The summed E-state index contributed by atoms with van der Waals surface area (Å²) in [5, 5.41) is 6.38. The minimum absolute atomic E-state index is 0.180. The SMILES string of the molecule is CCC(=O)N1CCN(c2ccccc2NC(=S)NC(=O)c2cc(I)ccc2Cl)CC1. The van der Waals surface area contributed by atoms with Crippen LogP contribution in [0.3, 0.4) is 0 Å². The van der Waals surface area contributed by atoms with Gasteiger partial charge in [-0.25, -0.2) is 0 Å². The zero-order chi connectivity index (χ0) is 21.7. The average molecular weight is 557 g/mol. The highest BCUT2D eigenvalue weighted by atomic mass is 127. The molecule has 0 aromatic heterocycles. The number of benzene rings is 2. The topological polar surface area (TPSA) is 64.7 Å². The number of nitrogens with zero attached hydrogens (tertiary/aromatic N) is 2. The molecule has 1 saturated heterocycles. The lowest BCUT2D eigenvalue weighted by atomic mass is 10.2. The Balaban J connectivity index is 1.66. The lowest BCUT2D eigenvalue weighted by molar-refractivity contribution is -0.131. The van der Waals surface area contributed by atoms with Crippen LogP contribution in [0.4, 0.5) is 11.4 Å². The summed E-state index contributed by atoms with van der Waals surface area (Å²) in [6.07, 6.45) is 0.524. The van der Waals surface area contributed by atoms with Crippen molar-refractivity contribution in [3.05, 3.63) is 56.6 Å². The van der Waals surface area contributed by atoms with Crippen molar-refractivity contribution in [2.45, 2.75) is 13.3 Å². The molecule has 158 valence electrons. The Labute approximate surface area is 200 Å². The smallest absolute Gasteiger partial charge is 0.258 e. The number of anilines is 2. The minimum Gasteiger partial charge on any atom is -0.366 e. The van der Waals surface area contributed by atoms with E-state index in [2.05, 4.69) is 38.1 Å². The third-order valence-corrected chi connectivity index (χ3v) is 6.03. The van der Waals surface area contributed by atoms with Crippen LogP contribution in [0.15, 0.2) is 42.5 Å². The van der Waals surface area contributed by atoms with E-state index in [9.17, 15) is 9.59 Å². The van der Waals surface area contributed by atoms with E-state index in [0.717, 1.165) is 28.0 Å². The van der Waals surface area contributed by atoms with E-state index in [-0.39, 0.29) is 16.9 Å². The van der Waals surface area contributed by atoms with Crippen molar-refractivity contribution < 1.29 is 9.59 Å². The fourth-order valence-corrected chi connectivity index (χ4v) is 4.17. The molecule has 2 amide bonds. The first-order valence-corrected chi connectivity index (χ1v) is 11.4. The van der Waals surface area contributed by atoms with Crippen LogP contribution in [-0.2, 0) is 4.79 Å². The fourth-order valence-electron chi connectivity index (χ4n) is 3.27. The molecular weight excluding hydrogens is 535 g/mol. The molecule has 1 aliphatic rings. The Bertz CT molecular complexity index is 964. The van der Waals surface area contributed by atoms with Crippen LogP contribution >= 0.6 is 46.4 Å². The van der Waals surface area contributed by atoms with Crippen LogP contribution < -0.4 is 15.5 Å². The van der Waals surface area contributed by atoms with Crippen LogP contribution in [0.1, 0.15) is 23.7 Å². The van der Waals surface area contributed by atoms with E-state index in [1.807, 2.05) is 42.2 Å². The second kappa shape index (κ2) is 10.4. The number of rotatable bonds is 4. The monoisotopic (exact) mass is 556 g/mol. The largest absolute Gasteiger partial charge is 0.366 e. The Morgan fingerprint density at radius 2 is 1.83 bits per heavy atom. The highest BCUT2D eigenvalue weighted by Gasteiger charge is 2.22. The Kier molecular flexibility index (Phi) is 7.90. The van der Waals surface area contributed by atoms with Crippen molar-refractivity contribution in [1.82, 2.24) is 10.2 Å². The molecule has 0 bridgehead atoms. The van der Waals surface area contributed by atoms with Crippen molar-refractivity contribution in [2.24, 2.45) is 0 Å². The van der Waals surface area contributed by atoms with Crippen molar-refractivity contribution >= 4 is 74.7 Å². The van der Waals surface area contributed by atoms with Gasteiger partial charge in [0.05, 0.1) is 22.0 Å². The number of piperazine rings is 1. The van der Waals surface area contributed by atoms with Gasteiger partial charge < -0.3 is 15.1 Å². The molecule has 1 aliphatic heterocycles. The van der Waals surface area contributed by atoms with Crippen LogP contribution in [0.25, 0.3) is 0 Å². The second-order valence-corrected chi connectivity index (χ2v) is 8.83. The Hall–Kier alpha value is -1.91. The van der Waals surface area contributed by atoms with Gasteiger partial charge in [-0.2, -0.15) is 0 Å². The van der Waals surface area contributed by atoms with E-state index >= 15 is 0 Å². The standard InChI is InChI=1S/C21H22ClIN4O2S/c1-2-19(28)27-11-9-26(10-12-27)18-6-4-3-5-17(18)24-21(30)25-20(29)15-13-14(23)7-8-16(15)22/h3-8,13H,2,9-12H2,1H3,(H2,24,25,29,30). The van der Waals surface area contributed by atoms with Crippen LogP contribution in [0.2, 0.25) is 5.02 Å². The zero-order valence-electron chi connectivity index (χ0n) is 16.5. The number of thiocarbonyl (C=S) groups is 1. The number of carbonyl (C=O) groups is 2. The molecule has 9 heteroatoms. The Morgan fingerprint density at radius 3 is 2.53 bits per heavy atom. The van der Waals surface area contributed by atoms with E-state index in [4.69, 9.17) is 23.8 Å². The van der Waals surface area contributed by atoms with Crippen LogP contribution in [0.5, 0.6) is 0 Å². The third-order valence-electron chi connectivity index (χ3n) is 4.83. The summed E-state index contributed by atoms with van der Waals surface area (Å²) in [5.41, 5.74) is 2.15. The molecule has 1 heterocycles. The number of carbonyl (C=O) groups excluding carboxylic acids is 2. The van der Waals surface area contributed by atoms with Gasteiger partial charge in [-0.1, -0.05) is 30.7 Å². The molecule has 2 aromatic carbocycles. The Morgan fingerprint density at radius 1 is 1.13 bits per heavy atom. The second-order valence-electron chi connectivity index (χ2n) is 6.77.